The van der Waals surface area contributed by atoms with Gasteiger partial charge in [0.2, 0.25) is 0 Å². The van der Waals surface area contributed by atoms with E-state index in [1.54, 1.807) is 6.08 Å². The minimum atomic E-state index is 0.989. The Labute approximate surface area is 86.3 Å². The first-order valence-electron chi connectivity index (χ1n) is 5.07. The van der Waals surface area contributed by atoms with E-state index in [4.69, 9.17) is 5.41 Å². The Hall–Kier alpha value is -1.37. The fraction of sp³-hybridized carbons (Fsp3) is 0.308. The van der Waals surface area contributed by atoms with Crippen LogP contribution in [0.5, 0.6) is 0 Å². The molecule has 0 aliphatic rings. The summed E-state index contributed by atoms with van der Waals surface area (Å²) in [6.07, 6.45) is 4.09. The highest BCUT2D eigenvalue weighted by molar-refractivity contribution is 5.88. The van der Waals surface area contributed by atoms with Crippen molar-refractivity contribution < 1.29 is 0 Å². The second-order valence-corrected chi connectivity index (χ2v) is 2.68. The highest BCUT2D eigenvalue weighted by Gasteiger charge is 1.90. The quantitative estimate of drug-likeness (QED) is 0.689. The molecule has 0 bridgehead atoms. The number of aryl methyl sites for hydroxylation is 1. The van der Waals surface area contributed by atoms with Crippen LogP contribution in [0.1, 0.15) is 26.3 Å². The van der Waals surface area contributed by atoms with Crippen molar-refractivity contribution in [2.24, 2.45) is 0 Å². The maximum Gasteiger partial charge on any atom is 0.0184 e. The molecular weight excluding hydrogens is 170 g/mol. The zero-order valence-corrected chi connectivity index (χ0v) is 9.30. The lowest BCUT2D eigenvalue weighted by Crippen LogP contribution is -2.26. The number of hydrogen-bond acceptors (Lipinski definition) is 1. The summed E-state index contributed by atoms with van der Waals surface area (Å²) in [6, 6.07) is 6.04. The normalized spacial score (nSPS) is 10.4. The van der Waals surface area contributed by atoms with E-state index in [1.807, 2.05) is 26.0 Å². The van der Waals surface area contributed by atoms with Gasteiger partial charge in [0.05, 0.1) is 0 Å². The Morgan fingerprint density at radius 3 is 2.50 bits per heavy atom. The van der Waals surface area contributed by atoms with E-state index in [-0.39, 0.29) is 0 Å². The van der Waals surface area contributed by atoms with Crippen molar-refractivity contribution in [3.8, 4) is 0 Å². The molecule has 0 amide bonds. The highest BCUT2D eigenvalue weighted by Crippen LogP contribution is 1.88. The van der Waals surface area contributed by atoms with E-state index >= 15 is 0 Å². The van der Waals surface area contributed by atoms with E-state index in [0.717, 1.165) is 16.9 Å². The zero-order chi connectivity index (χ0) is 11.0. The van der Waals surface area contributed by atoms with Crippen LogP contribution < -0.4 is 10.4 Å². The highest BCUT2D eigenvalue weighted by atomic mass is 14.3. The van der Waals surface area contributed by atoms with Crippen LogP contribution in [0.2, 0.25) is 0 Å². The lowest BCUT2D eigenvalue weighted by Gasteiger charge is -1.96. The van der Waals surface area contributed by atoms with Gasteiger partial charge >= 0.3 is 0 Å². The fourth-order valence-corrected chi connectivity index (χ4v) is 1.27. The summed E-state index contributed by atoms with van der Waals surface area (Å²) in [7, 11) is 0. The summed E-state index contributed by atoms with van der Waals surface area (Å²) >= 11 is 0. The zero-order valence-electron chi connectivity index (χ0n) is 9.30. The number of nitrogens with one attached hydrogen (secondary N) is 1. The molecule has 1 nitrogen and oxygen atoms in total. The second-order valence-electron chi connectivity index (χ2n) is 2.68. The molecule has 76 valence electrons. The van der Waals surface area contributed by atoms with Gasteiger partial charge in [-0.05, 0) is 28.5 Å². The Morgan fingerprint density at radius 1 is 1.36 bits per heavy atom. The molecule has 1 heteroatoms. The van der Waals surface area contributed by atoms with Crippen LogP contribution in [0.3, 0.4) is 0 Å². The summed E-state index contributed by atoms with van der Waals surface area (Å²) in [4.78, 5) is 0. The molecule has 0 atom stereocenters. The van der Waals surface area contributed by atoms with E-state index in [0.29, 0.717) is 0 Å². The van der Waals surface area contributed by atoms with Crippen LogP contribution in [-0.4, -0.2) is 6.21 Å². The summed E-state index contributed by atoms with van der Waals surface area (Å²) in [5, 5.41) is 9.09. The van der Waals surface area contributed by atoms with Gasteiger partial charge in [0.1, 0.15) is 0 Å². The van der Waals surface area contributed by atoms with Crippen LogP contribution in [0.25, 0.3) is 12.7 Å². The van der Waals surface area contributed by atoms with Crippen molar-refractivity contribution in [1.82, 2.24) is 0 Å². The molecule has 14 heavy (non-hydrogen) atoms. The maximum absolute atomic E-state index is 7.00. The Morgan fingerprint density at radius 2 is 2.00 bits per heavy atom. The van der Waals surface area contributed by atoms with Gasteiger partial charge in [0, 0.05) is 6.21 Å². The largest absolute Gasteiger partial charge is 0.309 e. The molecular formula is C13H19N. The van der Waals surface area contributed by atoms with Gasteiger partial charge < -0.3 is 5.41 Å². The van der Waals surface area contributed by atoms with Crippen molar-refractivity contribution >= 4 is 18.9 Å². The SMILES string of the molecule is C=c1cccc(CC)/c1=C/C=N.CC. The van der Waals surface area contributed by atoms with Gasteiger partial charge in [-0.25, -0.2) is 0 Å². The van der Waals surface area contributed by atoms with E-state index in [2.05, 4.69) is 19.6 Å². The van der Waals surface area contributed by atoms with Crippen LogP contribution in [0, 0.1) is 5.41 Å². The summed E-state index contributed by atoms with van der Waals surface area (Å²) in [5.74, 6) is 0. The van der Waals surface area contributed by atoms with Crippen LogP contribution in [0.15, 0.2) is 18.2 Å². The minimum Gasteiger partial charge on any atom is -0.309 e. The van der Waals surface area contributed by atoms with Crippen molar-refractivity contribution in [2.45, 2.75) is 27.2 Å². The third-order valence-electron chi connectivity index (χ3n) is 1.92. The smallest absolute Gasteiger partial charge is 0.0184 e. The van der Waals surface area contributed by atoms with Crippen LogP contribution in [-0.2, 0) is 6.42 Å². The van der Waals surface area contributed by atoms with Crippen molar-refractivity contribution in [3.05, 3.63) is 34.2 Å². The second kappa shape index (κ2) is 7.07. The Bertz CT molecular complexity index is 377. The van der Waals surface area contributed by atoms with Crippen LogP contribution in [0.4, 0.5) is 0 Å². The first-order valence-corrected chi connectivity index (χ1v) is 5.07. The fourth-order valence-electron chi connectivity index (χ4n) is 1.27. The van der Waals surface area contributed by atoms with E-state index in [9.17, 15) is 0 Å². The predicted molar refractivity (Wildman–Crippen MR) is 65.2 cm³/mol. The number of hydrogen-bond donors (Lipinski definition) is 1. The minimum absolute atomic E-state index is 0.989. The number of rotatable bonds is 2. The lowest BCUT2D eigenvalue weighted by molar-refractivity contribution is 1.12. The molecule has 0 radical (unpaired) electrons. The molecule has 0 saturated carbocycles. The molecule has 0 heterocycles. The van der Waals surface area contributed by atoms with Crippen LogP contribution >= 0.6 is 0 Å². The topological polar surface area (TPSA) is 23.9 Å². The third-order valence-corrected chi connectivity index (χ3v) is 1.92. The molecule has 0 aliphatic carbocycles. The average Bonchev–Trinajstić information content (AvgIpc) is 2.24. The Kier molecular flexibility index (Phi) is 6.38. The molecule has 0 unspecified atom stereocenters. The Balaban J connectivity index is 0.000000791. The monoisotopic (exact) mass is 189 g/mol. The van der Waals surface area contributed by atoms with Gasteiger partial charge in [-0.3, -0.25) is 0 Å². The van der Waals surface area contributed by atoms with Gasteiger partial charge in [0.25, 0.3) is 0 Å². The summed E-state index contributed by atoms with van der Waals surface area (Å²) in [6.45, 7) is 10.0. The lowest BCUT2D eigenvalue weighted by atomic mass is 10.1. The maximum atomic E-state index is 7.00. The standard InChI is InChI=1S/C11H13N.C2H6/c1-3-10-6-4-5-9(2)11(10)7-8-12;1-2/h4-8,12H,2-3H2,1H3;1-2H3/b11-7+,12-8?;. The first kappa shape index (κ1) is 12.6. The third kappa shape index (κ3) is 3.17. The molecule has 1 rings (SSSR count). The number of benzene rings is 1. The molecule has 0 aromatic heterocycles. The molecule has 0 saturated heterocycles. The molecule has 1 aromatic carbocycles. The molecule has 0 fully saturated rings. The van der Waals surface area contributed by atoms with Gasteiger partial charge in [0.15, 0.2) is 0 Å². The molecule has 0 spiro atoms. The first-order chi connectivity index (χ1) is 6.79. The molecule has 1 N–H and O–H groups in total. The predicted octanol–water partition coefficient (Wildman–Crippen LogP) is 2.12. The van der Waals surface area contributed by atoms with Crippen molar-refractivity contribution in [1.29, 1.82) is 5.41 Å². The van der Waals surface area contributed by atoms with Crippen molar-refractivity contribution in [3.63, 3.8) is 0 Å². The van der Waals surface area contributed by atoms with E-state index < -0.39 is 0 Å². The van der Waals surface area contributed by atoms with Gasteiger partial charge in [-0.1, -0.05) is 45.5 Å². The average molecular weight is 189 g/mol. The molecule has 0 aliphatic heterocycles. The molecule has 1 aromatic rings. The van der Waals surface area contributed by atoms with Gasteiger partial charge in [-0.2, -0.15) is 0 Å². The summed E-state index contributed by atoms with van der Waals surface area (Å²) < 4.78 is 0. The van der Waals surface area contributed by atoms with Gasteiger partial charge in [-0.15, -0.1) is 0 Å². The van der Waals surface area contributed by atoms with Crippen molar-refractivity contribution in [2.75, 3.05) is 0 Å². The van der Waals surface area contributed by atoms with E-state index in [1.165, 1.54) is 11.8 Å². The summed E-state index contributed by atoms with van der Waals surface area (Å²) in [5.41, 5.74) is 1.26.